The minimum atomic E-state index is 0.426. The summed E-state index contributed by atoms with van der Waals surface area (Å²) in [6.45, 7) is 3.68. The Labute approximate surface area is 70.0 Å². The summed E-state index contributed by atoms with van der Waals surface area (Å²) >= 11 is 11.5. The number of rotatable bonds is 0. The maximum atomic E-state index is 5.83. The molecule has 0 atom stereocenters. The molecule has 1 aromatic rings. The zero-order valence-corrected chi connectivity index (χ0v) is 7.22. The van der Waals surface area contributed by atoms with Crippen molar-refractivity contribution in [2.45, 2.75) is 13.8 Å². The van der Waals surface area contributed by atoms with Crippen molar-refractivity contribution in [3.8, 4) is 0 Å². The molecule has 0 fully saturated rings. The summed E-state index contributed by atoms with van der Waals surface area (Å²) in [7, 11) is 0. The summed E-state index contributed by atoms with van der Waals surface area (Å²) in [6.07, 6.45) is 2.69. The van der Waals surface area contributed by atoms with Gasteiger partial charge in [-0.1, -0.05) is 23.2 Å². The van der Waals surface area contributed by atoms with E-state index in [1.54, 1.807) is 0 Å². The molecule has 0 aliphatic heterocycles. The molecule has 0 aliphatic rings. The molecular weight excluding hydrogens is 169 g/mol. The highest BCUT2D eigenvalue weighted by atomic mass is 35.5. The van der Waals surface area contributed by atoms with Crippen LogP contribution in [0.2, 0.25) is 10.2 Å². The number of halogens is 2. The van der Waals surface area contributed by atoms with Crippen LogP contribution in [0.3, 0.4) is 0 Å². The van der Waals surface area contributed by atoms with Crippen LogP contribution in [0.25, 0.3) is 0 Å². The number of hydrogen-bond donors (Lipinski definition) is 0. The smallest absolute Gasteiger partial charge is 0.134 e. The molecule has 1 aromatic heterocycles. The lowest BCUT2D eigenvalue weighted by molar-refractivity contribution is 1.21. The molecule has 3 heteroatoms. The first-order valence-electron chi connectivity index (χ1n) is 2.83. The molecule has 0 amide bonds. The van der Waals surface area contributed by atoms with E-state index in [1.807, 2.05) is 13.8 Å². The Bertz CT molecular complexity index is 231. The van der Waals surface area contributed by atoms with Gasteiger partial charge in [0.15, 0.2) is 0 Å². The molecule has 10 heavy (non-hydrogen) atoms. The quantitative estimate of drug-likeness (QED) is 0.552. The third kappa shape index (κ3) is 1.25. The number of aromatic nitrogens is 1. The Kier molecular flexibility index (Phi) is 2.17. The zero-order valence-electron chi connectivity index (χ0n) is 5.70. The van der Waals surface area contributed by atoms with Gasteiger partial charge < -0.3 is 0 Å². The molecular formula is C7H6Cl2N. The topological polar surface area (TPSA) is 12.9 Å². The summed E-state index contributed by atoms with van der Waals surface area (Å²) in [5.74, 6) is 0. The van der Waals surface area contributed by atoms with Gasteiger partial charge in [-0.2, -0.15) is 0 Å². The van der Waals surface area contributed by atoms with Crippen molar-refractivity contribution in [3.05, 3.63) is 27.5 Å². The van der Waals surface area contributed by atoms with Gasteiger partial charge >= 0.3 is 0 Å². The minimum absolute atomic E-state index is 0.426. The molecule has 0 unspecified atom stereocenters. The van der Waals surface area contributed by atoms with E-state index in [9.17, 15) is 0 Å². The van der Waals surface area contributed by atoms with Crippen LogP contribution in [0.1, 0.15) is 11.1 Å². The van der Waals surface area contributed by atoms with Crippen LogP contribution in [0.4, 0.5) is 0 Å². The number of pyridine rings is 1. The van der Waals surface area contributed by atoms with Crippen LogP contribution < -0.4 is 0 Å². The lowest BCUT2D eigenvalue weighted by Gasteiger charge is -2.00. The van der Waals surface area contributed by atoms with Crippen molar-refractivity contribution in [2.24, 2.45) is 0 Å². The Hall–Kier alpha value is -0.270. The number of aryl methyl sites for hydroxylation is 1. The maximum Gasteiger partial charge on any atom is 0.134 e. The van der Waals surface area contributed by atoms with Crippen LogP contribution in [-0.4, -0.2) is 4.98 Å². The van der Waals surface area contributed by atoms with Crippen molar-refractivity contribution in [3.63, 3.8) is 0 Å². The van der Waals surface area contributed by atoms with Crippen molar-refractivity contribution < 1.29 is 0 Å². The van der Waals surface area contributed by atoms with Crippen LogP contribution in [0.5, 0.6) is 0 Å². The third-order valence-electron chi connectivity index (χ3n) is 1.29. The summed E-state index contributed by atoms with van der Waals surface area (Å²) in [5, 5.41) is 1.08. The van der Waals surface area contributed by atoms with E-state index in [-0.39, 0.29) is 0 Å². The summed E-state index contributed by atoms with van der Waals surface area (Å²) < 4.78 is 0. The van der Waals surface area contributed by atoms with Crippen molar-refractivity contribution in [2.75, 3.05) is 0 Å². The minimum Gasteiger partial charge on any atom is -0.234 e. The predicted molar refractivity (Wildman–Crippen MR) is 42.6 cm³/mol. The first kappa shape index (κ1) is 7.83. The highest BCUT2D eigenvalue weighted by Gasteiger charge is 2.03. The zero-order chi connectivity index (χ0) is 7.72. The Morgan fingerprint density at radius 3 is 2.40 bits per heavy atom. The Balaban J connectivity index is 3.34. The van der Waals surface area contributed by atoms with Gasteiger partial charge in [0, 0.05) is 5.56 Å². The normalized spacial score (nSPS) is 10.0. The third-order valence-corrected chi connectivity index (χ3v) is 2.22. The molecule has 0 saturated carbocycles. The van der Waals surface area contributed by atoms with E-state index in [4.69, 9.17) is 23.2 Å². The molecule has 53 valence electrons. The molecule has 0 N–H and O–H groups in total. The second-order valence-electron chi connectivity index (χ2n) is 2.08. The Morgan fingerprint density at radius 2 is 1.90 bits per heavy atom. The van der Waals surface area contributed by atoms with Gasteiger partial charge in [0.2, 0.25) is 0 Å². The second kappa shape index (κ2) is 2.77. The highest BCUT2D eigenvalue weighted by Crippen LogP contribution is 2.23. The molecule has 0 aliphatic carbocycles. The van der Waals surface area contributed by atoms with Crippen LogP contribution >= 0.6 is 23.2 Å². The molecule has 1 nitrogen and oxygen atoms in total. The van der Waals surface area contributed by atoms with Gasteiger partial charge in [0.05, 0.1) is 11.2 Å². The lowest BCUT2D eigenvalue weighted by Crippen LogP contribution is -1.86. The summed E-state index contributed by atoms with van der Waals surface area (Å²) in [4.78, 5) is 3.80. The number of hydrogen-bond acceptors (Lipinski definition) is 1. The number of nitrogens with zero attached hydrogens (tertiary/aromatic N) is 1. The molecule has 0 bridgehead atoms. The maximum absolute atomic E-state index is 5.83. The van der Waals surface area contributed by atoms with Crippen molar-refractivity contribution in [1.29, 1.82) is 0 Å². The highest BCUT2D eigenvalue weighted by molar-refractivity contribution is 6.35. The van der Waals surface area contributed by atoms with Crippen molar-refractivity contribution >= 4 is 23.2 Å². The fourth-order valence-corrected chi connectivity index (χ4v) is 0.955. The largest absolute Gasteiger partial charge is 0.234 e. The van der Waals surface area contributed by atoms with Gasteiger partial charge in [-0.05, 0) is 19.4 Å². The standard InChI is InChI=1S/C7H6Cl2N/c1-4-3-10-7(9)5(2)6(4)8/h1-2H3. The van der Waals surface area contributed by atoms with E-state index in [2.05, 4.69) is 11.2 Å². The van der Waals surface area contributed by atoms with E-state index in [0.29, 0.717) is 10.2 Å². The summed E-state index contributed by atoms with van der Waals surface area (Å²) in [5.41, 5.74) is 1.66. The van der Waals surface area contributed by atoms with E-state index < -0.39 is 0 Å². The SMILES string of the molecule is Cc1[c]nc(Cl)c(C)c1Cl. The van der Waals surface area contributed by atoms with Gasteiger partial charge in [-0.15, -0.1) is 0 Å². The fraction of sp³-hybridized carbons (Fsp3) is 0.286. The van der Waals surface area contributed by atoms with Gasteiger partial charge in [-0.3, -0.25) is 0 Å². The predicted octanol–water partition coefficient (Wildman–Crippen LogP) is 2.81. The average Bonchev–Trinajstić information content (AvgIpc) is 1.93. The van der Waals surface area contributed by atoms with E-state index in [1.165, 1.54) is 0 Å². The summed E-state index contributed by atoms with van der Waals surface area (Å²) in [6, 6.07) is 0. The lowest BCUT2D eigenvalue weighted by atomic mass is 10.2. The first-order chi connectivity index (χ1) is 4.63. The van der Waals surface area contributed by atoms with Gasteiger partial charge in [0.25, 0.3) is 0 Å². The average molecular weight is 175 g/mol. The molecule has 1 heterocycles. The van der Waals surface area contributed by atoms with Crippen LogP contribution in [0, 0.1) is 20.0 Å². The van der Waals surface area contributed by atoms with Crippen molar-refractivity contribution in [1.82, 2.24) is 4.98 Å². The van der Waals surface area contributed by atoms with E-state index >= 15 is 0 Å². The molecule has 0 aromatic carbocycles. The molecule has 1 radical (unpaired) electrons. The second-order valence-corrected chi connectivity index (χ2v) is 2.81. The molecule has 0 saturated heterocycles. The fourth-order valence-electron chi connectivity index (χ4n) is 0.638. The van der Waals surface area contributed by atoms with Gasteiger partial charge in [-0.25, -0.2) is 4.98 Å². The van der Waals surface area contributed by atoms with Crippen LogP contribution in [-0.2, 0) is 0 Å². The molecule has 0 spiro atoms. The van der Waals surface area contributed by atoms with Gasteiger partial charge in [0.1, 0.15) is 5.15 Å². The van der Waals surface area contributed by atoms with E-state index in [0.717, 1.165) is 11.1 Å². The Morgan fingerprint density at radius 1 is 1.30 bits per heavy atom. The monoisotopic (exact) mass is 174 g/mol. The van der Waals surface area contributed by atoms with Crippen LogP contribution in [0.15, 0.2) is 0 Å². The molecule has 1 rings (SSSR count). The first-order valence-corrected chi connectivity index (χ1v) is 3.58.